The van der Waals surface area contributed by atoms with E-state index in [0.29, 0.717) is 36.0 Å². The first kappa shape index (κ1) is 29.7. The number of aromatic nitrogens is 2. The van der Waals surface area contributed by atoms with E-state index in [1.54, 1.807) is 30.6 Å². The number of hydrogen-bond acceptors (Lipinski definition) is 7. The highest BCUT2D eigenvalue weighted by Gasteiger charge is 2.34. The first-order chi connectivity index (χ1) is 21.1. The molecule has 1 N–H and O–H groups in total. The Balaban J connectivity index is 1.24. The lowest BCUT2D eigenvalue weighted by Gasteiger charge is -2.33. The average Bonchev–Trinajstić information content (AvgIpc) is 3.49. The van der Waals surface area contributed by atoms with Crippen molar-refractivity contribution in [3.05, 3.63) is 101 Å². The number of aryl methyl sites for hydroxylation is 1. The molecule has 7 nitrogen and oxygen atoms in total. The minimum atomic E-state index is -4.59. The summed E-state index contributed by atoms with van der Waals surface area (Å²) >= 11 is 1.49. The van der Waals surface area contributed by atoms with Gasteiger partial charge in [-0.2, -0.15) is 13.2 Å². The summed E-state index contributed by atoms with van der Waals surface area (Å²) in [4.78, 5) is 27.1. The molecule has 0 spiro atoms. The first-order valence-electron chi connectivity index (χ1n) is 14.1. The fraction of sp³-hybridized carbons (Fsp3) is 0.242. The number of benzene rings is 2. The Morgan fingerprint density at radius 1 is 1.05 bits per heavy atom. The Morgan fingerprint density at radius 2 is 1.86 bits per heavy atom. The largest absolute Gasteiger partial charge is 0.456 e. The predicted octanol–water partition coefficient (Wildman–Crippen LogP) is 7.48. The van der Waals surface area contributed by atoms with Crippen molar-refractivity contribution in [1.29, 1.82) is 0 Å². The fourth-order valence-corrected chi connectivity index (χ4v) is 5.93. The van der Waals surface area contributed by atoms with Crippen molar-refractivity contribution in [2.45, 2.75) is 19.6 Å². The van der Waals surface area contributed by atoms with Crippen LogP contribution in [-0.2, 0) is 12.7 Å². The molecule has 1 aliphatic rings. The van der Waals surface area contributed by atoms with E-state index in [2.05, 4.69) is 15.2 Å². The minimum Gasteiger partial charge on any atom is -0.456 e. The van der Waals surface area contributed by atoms with Crippen molar-refractivity contribution in [2.24, 2.45) is 0 Å². The van der Waals surface area contributed by atoms with Gasteiger partial charge in [0.05, 0.1) is 16.6 Å². The Kier molecular flexibility index (Phi) is 8.35. The maximum absolute atomic E-state index is 14.1. The van der Waals surface area contributed by atoms with Gasteiger partial charge in [0.1, 0.15) is 16.3 Å². The first-order valence-corrected chi connectivity index (χ1v) is 15.0. The lowest BCUT2D eigenvalue weighted by atomic mass is 10.0. The minimum absolute atomic E-state index is 0.0691. The summed E-state index contributed by atoms with van der Waals surface area (Å²) in [6.45, 7) is 4.97. The van der Waals surface area contributed by atoms with Gasteiger partial charge in [-0.15, -0.1) is 11.3 Å². The molecular weight excluding hydrogens is 587 g/mol. The van der Waals surface area contributed by atoms with E-state index >= 15 is 0 Å². The molecule has 1 aliphatic heterocycles. The second-order valence-corrected chi connectivity index (χ2v) is 11.8. The van der Waals surface area contributed by atoms with Gasteiger partial charge in [-0.05, 0) is 66.9 Å². The average molecular weight is 618 g/mol. The molecule has 226 valence electrons. The van der Waals surface area contributed by atoms with Crippen LogP contribution >= 0.6 is 11.3 Å². The molecule has 0 radical (unpaired) electrons. The molecule has 3 aromatic heterocycles. The highest BCUT2D eigenvalue weighted by atomic mass is 32.1. The number of ether oxygens (including phenoxy) is 1. The Labute approximate surface area is 256 Å². The number of rotatable bonds is 7. The van der Waals surface area contributed by atoms with Crippen molar-refractivity contribution < 1.29 is 22.7 Å². The number of piperazine rings is 1. The number of carbonyl (C=O) groups excluding carboxylic acids is 1. The molecule has 1 fully saturated rings. The quantitative estimate of drug-likeness (QED) is 0.204. The summed E-state index contributed by atoms with van der Waals surface area (Å²) in [6, 6.07) is 16.6. The third-order valence-corrected chi connectivity index (χ3v) is 8.52. The molecule has 0 bridgehead atoms. The topological polar surface area (TPSA) is 70.6 Å². The summed E-state index contributed by atoms with van der Waals surface area (Å²) in [5.74, 6) is 0.409. The van der Waals surface area contributed by atoms with Gasteiger partial charge < -0.3 is 15.0 Å². The lowest BCUT2D eigenvalue weighted by molar-refractivity contribution is -0.138. The molecule has 2 aromatic carbocycles. The number of pyridine rings is 2. The van der Waals surface area contributed by atoms with Crippen LogP contribution in [0, 0.1) is 6.92 Å². The summed E-state index contributed by atoms with van der Waals surface area (Å²) in [7, 11) is 2.00. The van der Waals surface area contributed by atoms with Crippen LogP contribution in [0.3, 0.4) is 0 Å². The van der Waals surface area contributed by atoms with Crippen LogP contribution in [0.1, 0.15) is 27.0 Å². The highest BCUT2D eigenvalue weighted by Crippen LogP contribution is 2.37. The van der Waals surface area contributed by atoms with E-state index in [4.69, 9.17) is 9.72 Å². The van der Waals surface area contributed by atoms with Crippen LogP contribution < -0.4 is 10.1 Å². The number of alkyl halides is 3. The zero-order valence-electron chi connectivity index (χ0n) is 24.2. The number of amides is 1. The number of fused-ring (bicyclic) bond motifs is 1. The van der Waals surface area contributed by atoms with Crippen molar-refractivity contribution >= 4 is 33.1 Å². The molecule has 0 saturated carbocycles. The van der Waals surface area contributed by atoms with Crippen LogP contribution in [0.2, 0.25) is 0 Å². The van der Waals surface area contributed by atoms with E-state index in [0.717, 1.165) is 40.5 Å². The Bertz CT molecular complexity index is 1800. The normalized spacial score (nSPS) is 14.6. The fourth-order valence-electron chi connectivity index (χ4n) is 5.15. The van der Waals surface area contributed by atoms with E-state index in [1.807, 2.05) is 48.5 Å². The molecule has 4 heterocycles. The molecule has 6 rings (SSSR count). The van der Waals surface area contributed by atoms with Crippen molar-refractivity contribution in [3.63, 3.8) is 0 Å². The smallest absolute Gasteiger partial charge is 0.416 e. The molecule has 1 saturated heterocycles. The van der Waals surface area contributed by atoms with Gasteiger partial charge in [0, 0.05) is 74.1 Å². The summed E-state index contributed by atoms with van der Waals surface area (Å²) in [6.07, 6.45) is -1.16. The van der Waals surface area contributed by atoms with Gasteiger partial charge in [0.2, 0.25) is 0 Å². The standard InChI is InChI=1S/C33H30F3N5O2S/c1-21-5-8-25(43-30-18-29(23-4-3-10-37-19-23)39-32-26(30)9-15-44-32)17-28(21)38-31(42)22-6-7-24(27(16-22)33(34,35)36)20-41-13-11-40(2)12-14-41/h3-10,15-19H,11-14,20H2,1-2H3,(H,38,42). The van der Waals surface area contributed by atoms with Crippen LogP contribution in [0.5, 0.6) is 11.5 Å². The molecule has 0 unspecified atom stereocenters. The van der Waals surface area contributed by atoms with Crippen LogP contribution in [-0.4, -0.2) is 58.9 Å². The van der Waals surface area contributed by atoms with E-state index in [-0.39, 0.29) is 17.7 Å². The van der Waals surface area contributed by atoms with Crippen LogP contribution in [0.4, 0.5) is 18.9 Å². The summed E-state index contributed by atoms with van der Waals surface area (Å²) < 4.78 is 48.6. The zero-order chi connectivity index (χ0) is 30.8. The van der Waals surface area contributed by atoms with Crippen LogP contribution in [0.25, 0.3) is 21.5 Å². The van der Waals surface area contributed by atoms with Crippen molar-refractivity contribution in [3.8, 4) is 22.8 Å². The molecule has 44 heavy (non-hydrogen) atoms. The molecule has 0 aliphatic carbocycles. The van der Waals surface area contributed by atoms with Crippen molar-refractivity contribution in [1.82, 2.24) is 19.8 Å². The highest BCUT2D eigenvalue weighted by molar-refractivity contribution is 7.16. The molecule has 11 heteroatoms. The second-order valence-electron chi connectivity index (χ2n) is 10.9. The van der Waals surface area contributed by atoms with Gasteiger partial charge in [-0.1, -0.05) is 12.1 Å². The third kappa shape index (κ3) is 6.59. The Hall–Kier alpha value is -4.32. The summed E-state index contributed by atoms with van der Waals surface area (Å²) in [5, 5.41) is 5.56. The lowest BCUT2D eigenvalue weighted by Crippen LogP contribution is -2.44. The number of nitrogens with zero attached hydrogens (tertiary/aromatic N) is 4. The molecule has 0 atom stereocenters. The van der Waals surface area contributed by atoms with Gasteiger partial charge in [-0.3, -0.25) is 14.7 Å². The Morgan fingerprint density at radius 3 is 2.61 bits per heavy atom. The van der Waals surface area contributed by atoms with E-state index in [1.165, 1.54) is 23.5 Å². The van der Waals surface area contributed by atoms with Crippen molar-refractivity contribution in [2.75, 3.05) is 38.5 Å². The number of likely N-dealkylation sites (N-methyl/N-ethyl adjacent to an activating group) is 1. The maximum atomic E-state index is 14.1. The van der Waals surface area contributed by atoms with Gasteiger partial charge in [-0.25, -0.2) is 4.98 Å². The third-order valence-electron chi connectivity index (χ3n) is 7.71. The monoisotopic (exact) mass is 617 g/mol. The zero-order valence-corrected chi connectivity index (χ0v) is 25.0. The number of anilines is 1. The molecule has 1 amide bonds. The van der Waals surface area contributed by atoms with E-state index in [9.17, 15) is 18.0 Å². The number of hydrogen-bond donors (Lipinski definition) is 1. The number of thiophene rings is 1. The maximum Gasteiger partial charge on any atom is 0.416 e. The van der Waals surface area contributed by atoms with E-state index < -0.39 is 17.6 Å². The number of carbonyl (C=O) groups is 1. The molecule has 5 aromatic rings. The number of nitrogens with one attached hydrogen (secondary N) is 1. The van der Waals surface area contributed by atoms with Gasteiger partial charge >= 0.3 is 6.18 Å². The second kappa shape index (κ2) is 12.4. The molecular formula is C33H30F3N5O2S. The van der Waals surface area contributed by atoms with Gasteiger partial charge in [0.15, 0.2) is 0 Å². The van der Waals surface area contributed by atoms with Gasteiger partial charge in [0.25, 0.3) is 5.91 Å². The SMILES string of the molecule is Cc1ccc(Oc2cc(-c3cccnc3)nc3sccc23)cc1NC(=O)c1ccc(CN2CCN(C)CC2)c(C(F)(F)F)c1. The number of halogens is 3. The predicted molar refractivity (Wildman–Crippen MR) is 166 cm³/mol. The summed E-state index contributed by atoms with van der Waals surface area (Å²) in [5.41, 5.74) is 2.02. The van der Waals surface area contributed by atoms with Crippen LogP contribution in [0.15, 0.2) is 78.4 Å².